The van der Waals surface area contributed by atoms with Crippen LogP contribution in [-0.2, 0) is 16.0 Å². The minimum atomic E-state index is -0.762. The first kappa shape index (κ1) is 20.4. The van der Waals surface area contributed by atoms with Crippen LogP contribution in [0.4, 0.5) is 0 Å². The third-order valence-electron chi connectivity index (χ3n) is 4.49. The fourth-order valence-corrected chi connectivity index (χ4v) is 3.16. The molecule has 0 radical (unpaired) electrons. The Morgan fingerprint density at radius 1 is 0.958 bits per heavy atom. The lowest BCUT2D eigenvalue weighted by Crippen LogP contribution is -2.10. The second kappa shape index (κ2) is 12.7. The number of carboxylic acids is 1. The molecule has 1 atom stereocenters. The molecule has 134 valence electrons. The summed E-state index contributed by atoms with van der Waals surface area (Å²) in [6.45, 7) is 2.09. The SMILES string of the molecule is CCC[C@H](CCC(=O)O)CC(=O)CCCCCCc1ccccc1. The van der Waals surface area contributed by atoms with Crippen LogP contribution in [0.15, 0.2) is 30.3 Å². The number of unbranched alkanes of at least 4 members (excludes halogenated alkanes) is 3. The fourth-order valence-electron chi connectivity index (χ4n) is 3.16. The largest absolute Gasteiger partial charge is 0.481 e. The van der Waals surface area contributed by atoms with Crippen molar-refractivity contribution in [1.29, 1.82) is 0 Å². The van der Waals surface area contributed by atoms with Crippen LogP contribution in [0.25, 0.3) is 0 Å². The molecule has 1 rings (SSSR count). The van der Waals surface area contributed by atoms with Crippen molar-refractivity contribution in [3.05, 3.63) is 35.9 Å². The monoisotopic (exact) mass is 332 g/mol. The molecule has 0 unspecified atom stereocenters. The molecule has 1 aromatic rings. The molecule has 0 bridgehead atoms. The van der Waals surface area contributed by atoms with Crippen molar-refractivity contribution in [1.82, 2.24) is 0 Å². The van der Waals surface area contributed by atoms with E-state index in [9.17, 15) is 9.59 Å². The summed E-state index contributed by atoms with van der Waals surface area (Å²) in [6.07, 6.45) is 9.51. The number of aliphatic carboxylic acids is 1. The molecular weight excluding hydrogens is 300 g/mol. The predicted octanol–water partition coefficient (Wildman–Crippen LogP) is 5.42. The van der Waals surface area contributed by atoms with Crippen molar-refractivity contribution in [3.8, 4) is 0 Å². The van der Waals surface area contributed by atoms with Crippen LogP contribution in [0.2, 0.25) is 0 Å². The zero-order valence-corrected chi connectivity index (χ0v) is 15.0. The number of rotatable bonds is 14. The molecule has 0 saturated heterocycles. The minimum absolute atomic E-state index is 0.178. The van der Waals surface area contributed by atoms with Gasteiger partial charge in [-0.2, -0.15) is 0 Å². The zero-order chi connectivity index (χ0) is 17.6. The molecule has 0 aliphatic rings. The number of carbonyl (C=O) groups excluding carboxylic acids is 1. The van der Waals surface area contributed by atoms with Gasteiger partial charge < -0.3 is 5.11 Å². The molecular formula is C21H32O3. The molecule has 24 heavy (non-hydrogen) atoms. The van der Waals surface area contributed by atoms with E-state index in [0.717, 1.165) is 32.1 Å². The van der Waals surface area contributed by atoms with E-state index >= 15 is 0 Å². The average Bonchev–Trinajstić information content (AvgIpc) is 2.57. The van der Waals surface area contributed by atoms with Gasteiger partial charge in [0.15, 0.2) is 0 Å². The Labute approximate surface area is 146 Å². The Morgan fingerprint density at radius 3 is 2.33 bits per heavy atom. The number of hydrogen-bond acceptors (Lipinski definition) is 2. The summed E-state index contributed by atoms with van der Waals surface area (Å²) in [5.74, 6) is -0.208. The van der Waals surface area contributed by atoms with Crippen LogP contribution in [0, 0.1) is 5.92 Å². The molecule has 0 spiro atoms. The van der Waals surface area contributed by atoms with Crippen molar-refractivity contribution in [2.45, 2.75) is 77.6 Å². The molecule has 0 saturated carbocycles. The first-order valence-electron chi connectivity index (χ1n) is 9.39. The van der Waals surface area contributed by atoms with Crippen molar-refractivity contribution < 1.29 is 14.7 Å². The van der Waals surface area contributed by atoms with E-state index in [1.54, 1.807) is 0 Å². The Balaban J connectivity index is 2.10. The third kappa shape index (κ3) is 10.2. The molecule has 1 N–H and O–H groups in total. The molecule has 0 fully saturated rings. The second-order valence-electron chi connectivity index (χ2n) is 6.73. The summed E-state index contributed by atoms with van der Waals surface area (Å²) >= 11 is 0. The van der Waals surface area contributed by atoms with E-state index in [4.69, 9.17) is 5.11 Å². The lowest BCUT2D eigenvalue weighted by molar-refractivity contribution is -0.137. The van der Waals surface area contributed by atoms with Gasteiger partial charge in [-0.1, -0.05) is 62.9 Å². The van der Waals surface area contributed by atoms with E-state index in [1.807, 2.05) is 6.07 Å². The Morgan fingerprint density at radius 2 is 1.67 bits per heavy atom. The number of carboxylic acid groups (broad SMARTS) is 1. The van der Waals surface area contributed by atoms with Crippen molar-refractivity contribution in [2.75, 3.05) is 0 Å². The fraction of sp³-hybridized carbons (Fsp3) is 0.619. The van der Waals surface area contributed by atoms with Crippen LogP contribution < -0.4 is 0 Å². The second-order valence-corrected chi connectivity index (χ2v) is 6.73. The summed E-state index contributed by atoms with van der Waals surface area (Å²) in [6, 6.07) is 10.5. The van der Waals surface area contributed by atoms with E-state index in [0.29, 0.717) is 25.0 Å². The van der Waals surface area contributed by atoms with Gasteiger partial charge in [0.1, 0.15) is 5.78 Å². The number of carbonyl (C=O) groups is 2. The van der Waals surface area contributed by atoms with Crippen molar-refractivity contribution in [2.24, 2.45) is 5.92 Å². The van der Waals surface area contributed by atoms with E-state index in [2.05, 4.69) is 31.2 Å². The number of Topliss-reactive ketones (excluding diaryl/α,β-unsaturated/α-hetero) is 1. The molecule has 1 aromatic carbocycles. The highest BCUT2D eigenvalue weighted by atomic mass is 16.4. The van der Waals surface area contributed by atoms with Gasteiger partial charge in [-0.3, -0.25) is 9.59 Å². The number of hydrogen-bond donors (Lipinski definition) is 1. The molecule has 0 heterocycles. The van der Waals surface area contributed by atoms with Gasteiger partial charge in [0.2, 0.25) is 0 Å². The third-order valence-corrected chi connectivity index (χ3v) is 4.49. The van der Waals surface area contributed by atoms with Gasteiger partial charge in [-0.05, 0) is 37.2 Å². The standard InChI is InChI=1S/C21H32O3/c1-2-10-19(15-16-21(23)24)17-20(22)14-9-4-3-6-11-18-12-7-5-8-13-18/h5,7-8,12-13,19H,2-4,6,9-11,14-17H2,1H3,(H,23,24)/t19-/m1/s1. The maximum atomic E-state index is 12.1. The maximum absolute atomic E-state index is 12.1. The van der Waals surface area contributed by atoms with Gasteiger partial charge in [0.25, 0.3) is 0 Å². The lowest BCUT2D eigenvalue weighted by atomic mass is 9.91. The van der Waals surface area contributed by atoms with Gasteiger partial charge in [-0.15, -0.1) is 0 Å². The normalized spacial score (nSPS) is 12.0. The number of benzene rings is 1. The average molecular weight is 332 g/mol. The molecule has 0 amide bonds. The Hall–Kier alpha value is -1.64. The van der Waals surface area contributed by atoms with Gasteiger partial charge >= 0.3 is 5.97 Å². The van der Waals surface area contributed by atoms with E-state index in [1.165, 1.54) is 18.4 Å². The van der Waals surface area contributed by atoms with Gasteiger partial charge in [0.05, 0.1) is 0 Å². The summed E-state index contributed by atoms with van der Waals surface area (Å²) in [5, 5.41) is 8.79. The minimum Gasteiger partial charge on any atom is -0.481 e. The Kier molecular flexibility index (Phi) is 10.8. The van der Waals surface area contributed by atoms with Crippen LogP contribution in [-0.4, -0.2) is 16.9 Å². The van der Waals surface area contributed by atoms with Gasteiger partial charge in [-0.25, -0.2) is 0 Å². The number of ketones is 1. The predicted molar refractivity (Wildman–Crippen MR) is 98.1 cm³/mol. The molecule has 0 aromatic heterocycles. The summed E-state index contributed by atoms with van der Waals surface area (Å²) in [7, 11) is 0. The van der Waals surface area contributed by atoms with Crippen molar-refractivity contribution in [3.63, 3.8) is 0 Å². The first-order chi connectivity index (χ1) is 11.6. The topological polar surface area (TPSA) is 54.4 Å². The van der Waals surface area contributed by atoms with Crippen LogP contribution >= 0.6 is 0 Å². The maximum Gasteiger partial charge on any atom is 0.303 e. The summed E-state index contributed by atoms with van der Waals surface area (Å²) < 4.78 is 0. The molecule has 3 heteroatoms. The van der Waals surface area contributed by atoms with Crippen LogP contribution in [0.5, 0.6) is 0 Å². The first-order valence-corrected chi connectivity index (χ1v) is 9.39. The highest BCUT2D eigenvalue weighted by molar-refractivity contribution is 5.78. The van der Waals surface area contributed by atoms with E-state index < -0.39 is 5.97 Å². The quantitative estimate of drug-likeness (QED) is 0.463. The summed E-state index contributed by atoms with van der Waals surface area (Å²) in [4.78, 5) is 22.8. The smallest absolute Gasteiger partial charge is 0.303 e. The highest BCUT2D eigenvalue weighted by Crippen LogP contribution is 2.20. The highest BCUT2D eigenvalue weighted by Gasteiger charge is 2.14. The van der Waals surface area contributed by atoms with Gasteiger partial charge in [0, 0.05) is 19.3 Å². The zero-order valence-electron chi connectivity index (χ0n) is 15.0. The molecule has 0 aliphatic carbocycles. The summed E-state index contributed by atoms with van der Waals surface area (Å²) in [5.41, 5.74) is 1.38. The number of aryl methyl sites for hydroxylation is 1. The van der Waals surface area contributed by atoms with E-state index in [-0.39, 0.29) is 12.3 Å². The van der Waals surface area contributed by atoms with Crippen LogP contribution in [0.3, 0.4) is 0 Å². The lowest BCUT2D eigenvalue weighted by Gasteiger charge is -2.14. The Bertz CT molecular complexity index is 467. The molecule has 0 aliphatic heterocycles. The molecule has 3 nitrogen and oxygen atoms in total. The van der Waals surface area contributed by atoms with Crippen LogP contribution in [0.1, 0.15) is 76.7 Å². The van der Waals surface area contributed by atoms with Crippen molar-refractivity contribution >= 4 is 11.8 Å².